The van der Waals surface area contributed by atoms with Crippen molar-refractivity contribution < 1.29 is 37.3 Å². The van der Waals surface area contributed by atoms with Crippen LogP contribution >= 0.6 is 0 Å². The fourth-order valence-electron chi connectivity index (χ4n) is 6.35. The van der Waals surface area contributed by atoms with Gasteiger partial charge in [-0.15, -0.1) is 0 Å². The molecule has 2 saturated heterocycles. The molecule has 4 rings (SSSR count). The maximum Gasteiger partial charge on any atom is 0.416 e. The molecule has 0 saturated carbocycles. The molecular weight excluding hydrogens is 537 g/mol. The lowest BCUT2D eigenvalue weighted by Gasteiger charge is -2.35. The van der Waals surface area contributed by atoms with Crippen LogP contribution in [-0.4, -0.2) is 53.8 Å². The number of likely N-dealkylation sites (tertiary alicyclic amines) is 1. The number of aliphatic carboxylic acids is 1. The van der Waals surface area contributed by atoms with Crippen LogP contribution in [-0.2, 0) is 27.0 Å². The minimum Gasteiger partial charge on any atom is -0.496 e. The summed E-state index contributed by atoms with van der Waals surface area (Å²) in [5.41, 5.74) is -0.352. The average Bonchev–Trinajstić information content (AvgIpc) is 3.28. The number of amides is 1. The lowest BCUT2D eigenvalue weighted by molar-refractivity contribution is -0.153. The second-order valence-corrected chi connectivity index (χ2v) is 12.0. The highest BCUT2D eigenvalue weighted by Crippen LogP contribution is 2.48. The number of carbonyl (C=O) groups is 2. The molecule has 0 aliphatic carbocycles. The Hall–Kier alpha value is -3.11. The Morgan fingerprint density at radius 2 is 1.80 bits per heavy atom. The van der Waals surface area contributed by atoms with Gasteiger partial charge in [-0.1, -0.05) is 51.1 Å². The maximum atomic E-state index is 14.0. The number of benzene rings is 2. The quantitative estimate of drug-likeness (QED) is 0.411. The molecule has 0 bridgehead atoms. The molecule has 0 spiro atoms. The van der Waals surface area contributed by atoms with E-state index in [-0.39, 0.29) is 36.3 Å². The van der Waals surface area contributed by atoms with Crippen molar-refractivity contribution in [3.63, 3.8) is 0 Å². The molecule has 2 N–H and O–H groups in total. The van der Waals surface area contributed by atoms with Crippen LogP contribution in [0.5, 0.6) is 5.75 Å². The van der Waals surface area contributed by atoms with Crippen molar-refractivity contribution in [3.05, 3.63) is 65.2 Å². The number of alkyl halides is 3. The van der Waals surface area contributed by atoms with Gasteiger partial charge in [0.05, 0.1) is 31.2 Å². The van der Waals surface area contributed by atoms with E-state index in [0.29, 0.717) is 6.61 Å². The summed E-state index contributed by atoms with van der Waals surface area (Å²) in [5, 5.41) is 13.9. The number of halogens is 3. The summed E-state index contributed by atoms with van der Waals surface area (Å²) in [4.78, 5) is 28.4. The van der Waals surface area contributed by atoms with Gasteiger partial charge in [0.2, 0.25) is 5.91 Å². The second kappa shape index (κ2) is 12.4. The molecule has 41 heavy (non-hydrogen) atoms. The van der Waals surface area contributed by atoms with E-state index in [9.17, 15) is 27.9 Å². The summed E-state index contributed by atoms with van der Waals surface area (Å²) in [6.07, 6.45) is -2.15. The summed E-state index contributed by atoms with van der Waals surface area (Å²) >= 11 is 0. The third-order valence-corrected chi connectivity index (χ3v) is 8.16. The van der Waals surface area contributed by atoms with Crippen molar-refractivity contribution in [2.75, 3.05) is 13.7 Å². The largest absolute Gasteiger partial charge is 0.496 e. The Balaban J connectivity index is 1.77. The standard InChI is InChI=1S/C31H39F3N2O5/c1-30(2,3)25-26(35-18-20-16-21(31(32,33)34)13-14-23(20)40-4)27(19-10-6-5-7-11-19)36(28(25)29(38)39)24(37)17-22-12-8-9-15-41-22/h5-7,10-11,13-14,16,22,25-28,35H,8-9,12,15,17-18H2,1-4H3,(H,38,39)/t22?,25-,26-,27-,28-/m0/s1. The molecular formula is C31H39F3N2O5. The number of hydrogen-bond donors (Lipinski definition) is 2. The van der Waals surface area contributed by atoms with Crippen LogP contribution in [0.15, 0.2) is 48.5 Å². The monoisotopic (exact) mass is 576 g/mol. The highest BCUT2D eigenvalue weighted by atomic mass is 19.4. The molecule has 5 atom stereocenters. The van der Waals surface area contributed by atoms with Crippen LogP contribution in [0.1, 0.15) is 69.2 Å². The van der Waals surface area contributed by atoms with E-state index in [0.717, 1.165) is 37.0 Å². The first-order valence-electron chi connectivity index (χ1n) is 14.0. The predicted molar refractivity (Wildman–Crippen MR) is 147 cm³/mol. The number of nitrogens with zero attached hydrogens (tertiary/aromatic N) is 1. The van der Waals surface area contributed by atoms with Gasteiger partial charge in [0.1, 0.15) is 11.8 Å². The number of carboxylic acid groups (broad SMARTS) is 1. The number of ether oxygens (including phenoxy) is 2. The first-order valence-corrected chi connectivity index (χ1v) is 14.0. The minimum atomic E-state index is -4.53. The molecule has 10 heteroatoms. The zero-order valence-electron chi connectivity index (χ0n) is 23.9. The Kier molecular flexibility index (Phi) is 9.33. The highest BCUT2D eigenvalue weighted by molar-refractivity contribution is 5.86. The van der Waals surface area contributed by atoms with Crippen molar-refractivity contribution in [1.29, 1.82) is 0 Å². The van der Waals surface area contributed by atoms with Crippen LogP contribution < -0.4 is 10.1 Å². The minimum absolute atomic E-state index is 0.0201. The normalized spacial score (nSPS) is 25.2. The second-order valence-electron chi connectivity index (χ2n) is 12.0. The first-order chi connectivity index (χ1) is 19.3. The van der Waals surface area contributed by atoms with E-state index in [4.69, 9.17) is 9.47 Å². The van der Waals surface area contributed by atoms with E-state index >= 15 is 0 Å². The van der Waals surface area contributed by atoms with Crippen LogP contribution in [0.3, 0.4) is 0 Å². The molecule has 224 valence electrons. The zero-order valence-corrected chi connectivity index (χ0v) is 23.9. The van der Waals surface area contributed by atoms with Crippen molar-refractivity contribution in [1.82, 2.24) is 10.2 Å². The Bertz CT molecular complexity index is 1210. The lowest BCUT2D eigenvalue weighted by atomic mass is 9.72. The molecule has 2 aromatic rings. The van der Waals surface area contributed by atoms with Gasteiger partial charge >= 0.3 is 12.1 Å². The smallest absolute Gasteiger partial charge is 0.416 e. The van der Waals surface area contributed by atoms with Crippen molar-refractivity contribution in [2.45, 2.75) is 83.4 Å². The number of hydrogen-bond acceptors (Lipinski definition) is 5. The number of carboxylic acids is 1. The van der Waals surface area contributed by atoms with Gasteiger partial charge in [-0.25, -0.2) is 4.79 Å². The summed E-state index contributed by atoms with van der Waals surface area (Å²) < 4.78 is 51.8. The van der Waals surface area contributed by atoms with Gasteiger partial charge in [-0.3, -0.25) is 4.79 Å². The van der Waals surface area contributed by atoms with Gasteiger partial charge < -0.3 is 24.8 Å². The fourth-order valence-corrected chi connectivity index (χ4v) is 6.35. The van der Waals surface area contributed by atoms with Crippen LogP contribution in [0.25, 0.3) is 0 Å². The van der Waals surface area contributed by atoms with Gasteiger partial charge in [0.25, 0.3) is 0 Å². The van der Waals surface area contributed by atoms with E-state index in [2.05, 4.69) is 5.32 Å². The summed E-state index contributed by atoms with van der Waals surface area (Å²) in [5.74, 6) is -1.72. The predicted octanol–water partition coefficient (Wildman–Crippen LogP) is 5.83. The van der Waals surface area contributed by atoms with E-state index in [1.807, 2.05) is 51.1 Å². The van der Waals surface area contributed by atoms with Crippen LogP contribution in [0, 0.1) is 11.3 Å². The van der Waals surface area contributed by atoms with Crippen molar-refractivity contribution in [3.8, 4) is 5.75 Å². The molecule has 7 nitrogen and oxygen atoms in total. The zero-order chi connectivity index (χ0) is 29.9. The molecule has 0 aromatic heterocycles. The van der Waals surface area contributed by atoms with E-state index < -0.39 is 47.2 Å². The maximum absolute atomic E-state index is 14.0. The van der Waals surface area contributed by atoms with Crippen molar-refractivity contribution in [2.24, 2.45) is 11.3 Å². The van der Waals surface area contributed by atoms with Crippen LogP contribution in [0.2, 0.25) is 0 Å². The van der Waals surface area contributed by atoms with Crippen molar-refractivity contribution >= 4 is 11.9 Å². The SMILES string of the molecule is COc1ccc(C(F)(F)F)cc1CN[C@H]1[C@H](C(C)(C)C)[C@@H](C(=O)O)N(C(=O)CC2CCCCO2)[C@H]1c1ccccc1. The molecule has 2 heterocycles. The third kappa shape index (κ3) is 6.86. The van der Waals surface area contributed by atoms with E-state index in [1.54, 1.807) is 0 Å². The fraction of sp³-hybridized carbons (Fsp3) is 0.548. The van der Waals surface area contributed by atoms with Gasteiger partial charge in [0, 0.05) is 30.7 Å². The molecule has 1 amide bonds. The third-order valence-electron chi connectivity index (χ3n) is 8.16. The molecule has 2 aliphatic heterocycles. The Morgan fingerprint density at radius 3 is 2.37 bits per heavy atom. The lowest BCUT2D eigenvalue weighted by Crippen LogP contribution is -2.48. The Morgan fingerprint density at radius 1 is 1.10 bits per heavy atom. The average molecular weight is 577 g/mol. The Labute approximate surface area is 239 Å². The summed E-state index contributed by atoms with van der Waals surface area (Å²) in [6.45, 7) is 6.32. The first kappa shape index (κ1) is 30.8. The van der Waals surface area contributed by atoms with Crippen LogP contribution in [0.4, 0.5) is 13.2 Å². The van der Waals surface area contributed by atoms with Gasteiger partial charge in [-0.05, 0) is 48.4 Å². The molecule has 2 aliphatic rings. The number of carbonyl (C=O) groups excluding carboxylic acids is 1. The number of methoxy groups -OCH3 is 1. The van der Waals surface area contributed by atoms with E-state index in [1.165, 1.54) is 18.1 Å². The summed E-state index contributed by atoms with van der Waals surface area (Å²) in [7, 11) is 1.39. The van der Waals surface area contributed by atoms with Gasteiger partial charge in [-0.2, -0.15) is 13.2 Å². The summed E-state index contributed by atoms with van der Waals surface area (Å²) in [6, 6.07) is 10.1. The number of rotatable bonds is 8. The highest BCUT2D eigenvalue weighted by Gasteiger charge is 2.57. The number of nitrogens with one attached hydrogen (secondary N) is 1. The van der Waals surface area contributed by atoms with Gasteiger partial charge in [0.15, 0.2) is 0 Å². The topological polar surface area (TPSA) is 88.1 Å². The molecule has 1 unspecified atom stereocenters. The molecule has 0 radical (unpaired) electrons. The molecule has 2 aromatic carbocycles. The molecule has 2 fully saturated rings.